The molecule has 0 saturated heterocycles. The van der Waals surface area contributed by atoms with Crippen LogP contribution in [0.1, 0.15) is 32.3 Å². The maximum atomic E-state index is 11.9. The van der Waals surface area contributed by atoms with Crippen LogP contribution in [0, 0.1) is 0 Å². The van der Waals surface area contributed by atoms with E-state index >= 15 is 0 Å². The van der Waals surface area contributed by atoms with E-state index in [4.69, 9.17) is 0 Å². The summed E-state index contributed by atoms with van der Waals surface area (Å²) in [5.41, 5.74) is 1.15. The van der Waals surface area contributed by atoms with Gasteiger partial charge in [-0.15, -0.1) is 0 Å². The molecule has 0 aliphatic heterocycles. The van der Waals surface area contributed by atoms with E-state index in [9.17, 15) is 9.90 Å². The Labute approximate surface area is 121 Å². The average Bonchev–Trinajstić information content (AvgIpc) is 2.47. The summed E-state index contributed by atoms with van der Waals surface area (Å²) in [7, 11) is 0. The lowest BCUT2D eigenvalue weighted by Crippen LogP contribution is -2.48. The molecule has 4 heteroatoms. The molecule has 4 nitrogen and oxygen atoms in total. The number of hydrogen-bond acceptors (Lipinski definition) is 3. The van der Waals surface area contributed by atoms with Crippen molar-refractivity contribution in [3.63, 3.8) is 0 Å². The molecule has 1 rings (SSSR count). The van der Waals surface area contributed by atoms with Gasteiger partial charge in [-0.05, 0) is 25.3 Å². The fraction of sp³-hybridized carbons (Fsp3) is 0.562. The van der Waals surface area contributed by atoms with Crippen LogP contribution in [-0.4, -0.2) is 36.2 Å². The number of hydrogen-bond donors (Lipinski definition) is 3. The maximum Gasteiger partial charge on any atom is 0.236 e. The number of nitrogens with one attached hydrogen (secondary N) is 2. The van der Waals surface area contributed by atoms with E-state index in [2.05, 4.69) is 17.6 Å². The minimum absolute atomic E-state index is 0.00929. The van der Waals surface area contributed by atoms with Crippen LogP contribution in [0.2, 0.25) is 0 Å². The number of aliphatic hydroxyl groups excluding tert-OH is 1. The van der Waals surface area contributed by atoms with Crippen molar-refractivity contribution in [2.24, 2.45) is 0 Å². The zero-order valence-corrected chi connectivity index (χ0v) is 12.4. The summed E-state index contributed by atoms with van der Waals surface area (Å²) in [6, 6.07) is 9.56. The summed E-state index contributed by atoms with van der Waals surface area (Å²) in [4.78, 5) is 11.9. The van der Waals surface area contributed by atoms with Crippen LogP contribution in [0.4, 0.5) is 0 Å². The molecule has 1 amide bonds. The molecule has 0 aromatic heterocycles. The molecule has 0 spiro atoms. The van der Waals surface area contributed by atoms with Crippen molar-refractivity contribution in [2.75, 3.05) is 13.2 Å². The highest BCUT2D eigenvalue weighted by Gasteiger charge is 2.17. The van der Waals surface area contributed by atoms with Gasteiger partial charge in [-0.2, -0.15) is 0 Å². The number of unbranched alkanes of at least 4 members (excludes halogenated alkanes) is 1. The third-order valence-electron chi connectivity index (χ3n) is 3.25. The van der Waals surface area contributed by atoms with Crippen LogP contribution in [-0.2, 0) is 11.2 Å². The minimum atomic E-state index is -0.298. The van der Waals surface area contributed by atoms with Crippen LogP contribution in [0.5, 0.6) is 0 Å². The second kappa shape index (κ2) is 9.50. The molecule has 0 radical (unpaired) electrons. The van der Waals surface area contributed by atoms with Crippen molar-refractivity contribution in [1.29, 1.82) is 0 Å². The van der Waals surface area contributed by atoms with Crippen molar-refractivity contribution in [2.45, 2.75) is 45.2 Å². The number of aliphatic hydroxyl groups is 1. The monoisotopic (exact) mass is 278 g/mol. The van der Waals surface area contributed by atoms with Crippen molar-refractivity contribution < 1.29 is 9.90 Å². The summed E-state index contributed by atoms with van der Waals surface area (Å²) in [5.74, 6) is -0.00929. The Balaban J connectivity index is 2.41. The molecule has 112 valence electrons. The highest BCUT2D eigenvalue weighted by atomic mass is 16.3. The molecule has 0 fully saturated rings. The number of rotatable bonds is 9. The van der Waals surface area contributed by atoms with Crippen LogP contribution in [0.15, 0.2) is 30.3 Å². The zero-order valence-electron chi connectivity index (χ0n) is 12.4. The van der Waals surface area contributed by atoms with Crippen LogP contribution in [0.3, 0.4) is 0 Å². The van der Waals surface area contributed by atoms with Gasteiger partial charge in [-0.3, -0.25) is 4.79 Å². The molecular weight excluding hydrogens is 252 g/mol. The van der Waals surface area contributed by atoms with E-state index in [-0.39, 0.29) is 24.6 Å². The van der Waals surface area contributed by atoms with Gasteiger partial charge in [0.1, 0.15) is 0 Å². The first-order valence-corrected chi connectivity index (χ1v) is 7.36. The van der Waals surface area contributed by atoms with E-state index in [1.807, 2.05) is 37.3 Å². The molecule has 0 aliphatic rings. The van der Waals surface area contributed by atoms with Gasteiger partial charge in [-0.1, -0.05) is 43.7 Å². The Morgan fingerprint density at radius 3 is 2.60 bits per heavy atom. The first-order chi connectivity index (χ1) is 9.67. The summed E-state index contributed by atoms with van der Waals surface area (Å²) in [6.07, 6.45) is 2.77. The molecular formula is C16H26N2O2. The minimum Gasteiger partial charge on any atom is -0.395 e. The molecule has 2 unspecified atom stereocenters. The first kappa shape index (κ1) is 16.7. The number of benzene rings is 1. The topological polar surface area (TPSA) is 61.4 Å². The van der Waals surface area contributed by atoms with Gasteiger partial charge in [0, 0.05) is 12.6 Å². The normalized spacial score (nSPS) is 13.8. The maximum absolute atomic E-state index is 11.9. The molecule has 1 aromatic rings. The lowest BCUT2D eigenvalue weighted by atomic mass is 10.1. The SMILES string of the molecule is CCCCNC(=O)C(C)NC(CO)Cc1ccccc1. The Morgan fingerprint density at radius 1 is 1.30 bits per heavy atom. The number of amides is 1. The van der Waals surface area contributed by atoms with Gasteiger partial charge in [-0.25, -0.2) is 0 Å². The second-order valence-corrected chi connectivity index (χ2v) is 5.10. The van der Waals surface area contributed by atoms with Crippen LogP contribution >= 0.6 is 0 Å². The van der Waals surface area contributed by atoms with Crippen molar-refractivity contribution in [3.05, 3.63) is 35.9 Å². The van der Waals surface area contributed by atoms with Crippen LogP contribution in [0.25, 0.3) is 0 Å². The average molecular weight is 278 g/mol. The molecule has 0 aliphatic carbocycles. The molecule has 1 aromatic carbocycles. The van der Waals surface area contributed by atoms with E-state index in [0.717, 1.165) is 18.4 Å². The van der Waals surface area contributed by atoms with Gasteiger partial charge in [0.2, 0.25) is 5.91 Å². The quantitative estimate of drug-likeness (QED) is 0.600. The lowest BCUT2D eigenvalue weighted by Gasteiger charge is -2.21. The number of carbonyl (C=O) groups is 1. The van der Waals surface area contributed by atoms with Crippen LogP contribution < -0.4 is 10.6 Å². The fourth-order valence-electron chi connectivity index (χ4n) is 2.05. The molecule has 0 heterocycles. The van der Waals surface area contributed by atoms with Gasteiger partial charge >= 0.3 is 0 Å². The highest BCUT2D eigenvalue weighted by molar-refractivity contribution is 5.81. The predicted octanol–water partition coefficient (Wildman–Crippen LogP) is 1.48. The summed E-state index contributed by atoms with van der Waals surface area (Å²) in [6.45, 7) is 4.65. The van der Waals surface area contributed by atoms with Gasteiger partial charge in [0.05, 0.1) is 12.6 Å². The Kier molecular flexibility index (Phi) is 7.92. The zero-order chi connectivity index (χ0) is 14.8. The summed E-state index contributed by atoms with van der Waals surface area (Å²) >= 11 is 0. The van der Waals surface area contributed by atoms with Gasteiger partial charge < -0.3 is 15.7 Å². The molecule has 0 bridgehead atoms. The van der Waals surface area contributed by atoms with Crippen molar-refractivity contribution in [3.8, 4) is 0 Å². The van der Waals surface area contributed by atoms with E-state index in [0.29, 0.717) is 13.0 Å². The summed E-state index contributed by atoms with van der Waals surface area (Å²) in [5, 5.41) is 15.5. The third kappa shape index (κ3) is 6.17. The van der Waals surface area contributed by atoms with E-state index < -0.39 is 0 Å². The smallest absolute Gasteiger partial charge is 0.236 e. The Hall–Kier alpha value is -1.39. The lowest BCUT2D eigenvalue weighted by molar-refractivity contribution is -0.123. The second-order valence-electron chi connectivity index (χ2n) is 5.10. The third-order valence-corrected chi connectivity index (χ3v) is 3.25. The van der Waals surface area contributed by atoms with Crippen molar-refractivity contribution in [1.82, 2.24) is 10.6 Å². The standard InChI is InChI=1S/C16H26N2O2/c1-3-4-10-17-16(20)13(2)18-15(12-19)11-14-8-6-5-7-9-14/h5-9,13,15,18-19H,3-4,10-12H2,1-2H3,(H,17,20). The van der Waals surface area contributed by atoms with Crippen molar-refractivity contribution >= 4 is 5.91 Å². The van der Waals surface area contributed by atoms with E-state index in [1.54, 1.807) is 0 Å². The molecule has 2 atom stereocenters. The Bertz CT molecular complexity index is 381. The van der Waals surface area contributed by atoms with Gasteiger partial charge in [0.25, 0.3) is 0 Å². The Morgan fingerprint density at radius 2 is 2.00 bits per heavy atom. The summed E-state index contributed by atoms with van der Waals surface area (Å²) < 4.78 is 0. The fourth-order valence-corrected chi connectivity index (χ4v) is 2.05. The molecule has 0 saturated carbocycles. The number of carbonyl (C=O) groups excluding carboxylic acids is 1. The highest BCUT2D eigenvalue weighted by Crippen LogP contribution is 2.03. The molecule has 3 N–H and O–H groups in total. The largest absolute Gasteiger partial charge is 0.395 e. The molecule has 20 heavy (non-hydrogen) atoms. The van der Waals surface area contributed by atoms with E-state index in [1.165, 1.54) is 0 Å². The first-order valence-electron chi connectivity index (χ1n) is 7.36. The predicted molar refractivity (Wildman–Crippen MR) is 81.5 cm³/mol. The van der Waals surface area contributed by atoms with Gasteiger partial charge in [0.15, 0.2) is 0 Å².